The van der Waals surface area contributed by atoms with Gasteiger partial charge >= 0.3 is 0 Å². The number of nitrogens with zero attached hydrogens (tertiary/aromatic N) is 2. The second-order valence-electron chi connectivity index (χ2n) is 4.85. The van der Waals surface area contributed by atoms with Crippen molar-refractivity contribution in [3.63, 3.8) is 0 Å². The molecule has 0 aromatic heterocycles. The van der Waals surface area contributed by atoms with Gasteiger partial charge in [0.1, 0.15) is 10.6 Å². The van der Waals surface area contributed by atoms with Crippen molar-refractivity contribution < 1.29 is 18.1 Å². The number of methoxy groups -OCH3 is 1. The second kappa shape index (κ2) is 5.96. The summed E-state index contributed by atoms with van der Waals surface area (Å²) in [6.45, 7) is 1.19. The highest BCUT2D eigenvalue weighted by atomic mass is 32.2. The molecular weight excluding hydrogens is 298 g/mol. The summed E-state index contributed by atoms with van der Waals surface area (Å²) in [5.74, 6) is 0.115. The summed E-state index contributed by atoms with van der Waals surface area (Å²) in [6.07, 6.45) is 0.713. The van der Waals surface area contributed by atoms with E-state index in [1.54, 1.807) is 0 Å². The van der Waals surface area contributed by atoms with Crippen LogP contribution in [-0.2, 0) is 10.0 Å². The van der Waals surface area contributed by atoms with Crippen LogP contribution in [0.2, 0.25) is 0 Å². The summed E-state index contributed by atoms with van der Waals surface area (Å²) in [5.41, 5.74) is 5.35. The molecule has 1 aliphatic heterocycles. The first-order valence-electron chi connectivity index (χ1n) is 6.42. The van der Waals surface area contributed by atoms with E-state index < -0.39 is 14.9 Å². The van der Waals surface area contributed by atoms with Crippen LogP contribution in [0.15, 0.2) is 23.1 Å². The fourth-order valence-electron chi connectivity index (χ4n) is 2.33. The van der Waals surface area contributed by atoms with Gasteiger partial charge < -0.3 is 10.5 Å². The van der Waals surface area contributed by atoms with E-state index in [2.05, 4.69) is 0 Å². The highest BCUT2D eigenvalue weighted by Gasteiger charge is 2.34. The van der Waals surface area contributed by atoms with Crippen LogP contribution >= 0.6 is 0 Å². The molecule has 1 aromatic rings. The average Bonchev–Trinajstić information content (AvgIpc) is 2.96. The molecule has 1 saturated heterocycles. The molecule has 1 heterocycles. The Morgan fingerprint density at radius 2 is 2.24 bits per heavy atom. The molecule has 0 amide bonds. The predicted octanol–water partition coefficient (Wildman–Crippen LogP) is 0.573. The maximum atomic E-state index is 12.6. The van der Waals surface area contributed by atoms with Crippen molar-refractivity contribution in [2.45, 2.75) is 11.3 Å². The number of ether oxygens (including phenoxy) is 1. The Kier molecular flexibility index (Phi) is 4.45. The minimum atomic E-state index is -3.74. The summed E-state index contributed by atoms with van der Waals surface area (Å²) in [6, 6.07) is 3.48. The lowest BCUT2D eigenvalue weighted by molar-refractivity contribution is -0.385. The van der Waals surface area contributed by atoms with Gasteiger partial charge in [-0.05, 0) is 24.9 Å². The molecule has 1 aliphatic rings. The molecule has 21 heavy (non-hydrogen) atoms. The molecule has 116 valence electrons. The van der Waals surface area contributed by atoms with Crippen LogP contribution in [0, 0.1) is 16.0 Å². The minimum absolute atomic E-state index is 0.0274. The van der Waals surface area contributed by atoms with Crippen molar-refractivity contribution in [2.75, 3.05) is 26.7 Å². The molecule has 0 spiro atoms. The largest absolute Gasteiger partial charge is 0.495 e. The lowest BCUT2D eigenvalue weighted by Crippen LogP contribution is -2.30. The van der Waals surface area contributed by atoms with E-state index >= 15 is 0 Å². The van der Waals surface area contributed by atoms with E-state index in [4.69, 9.17) is 10.5 Å². The first-order valence-corrected chi connectivity index (χ1v) is 7.86. The molecule has 0 radical (unpaired) electrons. The van der Waals surface area contributed by atoms with Crippen LogP contribution in [0.4, 0.5) is 5.69 Å². The van der Waals surface area contributed by atoms with E-state index in [0.717, 1.165) is 12.1 Å². The summed E-state index contributed by atoms with van der Waals surface area (Å²) >= 11 is 0. The molecule has 8 nitrogen and oxygen atoms in total. The number of benzene rings is 1. The molecule has 1 fully saturated rings. The lowest BCUT2D eigenvalue weighted by atomic mass is 10.1. The maximum Gasteiger partial charge on any atom is 0.273 e. The van der Waals surface area contributed by atoms with E-state index in [1.807, 2.05) is 0 Å². The zero-order chi connectivity index (χ0) is 15.6. The number of nitrogens with two attached hydrogens (primary N) is 1. The van der Waals surface area contributed by atoms with Crippen LogP contribution < -0.4 is 10.5 Å². The van der Waals surface area contributed by atoms with Gasteiger partial charge in [0.15, 0.2) is 0 Å². The summed E-state index contributed by atoms with van der Waals surface area (Å²) in [4.78, 5) is 10.1. The number of hydrogen-bond donors (Lipinski definition) is 1. The van der Waals surface area contributed by atoms with Gasteiger partial charge in [-0.2, -0.15) is 4.31 Å². The Morgan fingerprint density at radius 3 is 2.76 bits per heavy atom. The number of non-ortho nitro benzene ring substituents is 1. The Balaban J connectivity index is 2.38. The monoisotopic (exact) mass is 315 g/mol. The fourth-order valence-corrected chi connectivity index (χ4v) is 4.00. The predicted molar refractivity (Wildman–Crippen MR) is 75.6 cm³/mol. The molecular formula is C12H17N3O5S. The van der Waals surface area contributed by atoms with E-state index in [9.17, 15) is 18.5 Å². The zero-order valence-electron chi connectivity index (χ0n) is 11.6. The van der Waals surface area contributed by atoms with Gasteiger partial charge in [0.25, 0.3) is 5.69 Å². The summed E-state index contributed by atoms with van der Waals surface area (Å²) < 4.78 is 31.5. The molecule has 1 atom stereocenters. The Hall–Kier alpha value is -1.71. The Morgan fingerprint density at radius 1 is 1.52 bits per heavy atom. The zero-order valence-corrected chi connectivity index (χ0v) is 12.4. The first-order chi connectivity index (χ1) is 9.90. The average molecular weight is 315 g/mol. The van der Waals surface area contributed by atoms with E-state index in [1.165, 1.54) is 17.5 Å². The van der Waals surface area contributed by atoms with Gasteiger partial charge in [-0.1, -0.05) is 0 Å². The van der Waals surface area contributed by atoms with Gasteiger partial charge in [-0.15, -0.1) is 0 Å². The Labute approximate surface area is 122 Å². The number of hydrogen-bond acceptors (Lipinski definition) is 6. The van der Waals surface area contributed by atoms with Crippen LogP contribution in [-0.4, -0.2) is 44.4 Å². The highest BCUT2D eigenvalue weighted by molar-refractivity contribution is 7.89. The third-order valence-electron chi connectivity index (χ3n) is 3.56. The third-order valence-corrected chi connectivity index (χ3v) is 5.46. The van der Waals surface area contributed by atoms with Crippen molar-refractivity contribution in [2.24, 2.45) is 11.7 Å². The van der Waals surface area contributed by atoms with Gasteiger partial charge in [-0.3, -0.25) is 10.1 Å². The number of sulfonamides is 1. The summed E-state index contributed by atoms with van der Waals surface area (Å²) in [5, 5.41) is 10.7. The van der Waals surface area contributed by atoms with Crippen LogP contribution in [0.1, 0.15) is 6.42 Å². The third kappa shape index (κ3) is 2.99. The normalized spacial score (nSPS) is 19.6. The quantitative estimate of drug-likeness (QED) is 0.627. The molecule has 0 aliphatic carbocycles. The molecule has 9 heteroatoms. The molecule has 0 bridgehead atoms. The molecule has 0 saturated carbocycles. The smallest absolute Gasteiger partial charge is 0.273 e. The van der Waals surface area contributed by atoms with Gasteiger partial charge in [0.2, 0.25) is 10.0 Å². The van der Waals surface area contributed by atoms with Crippen molar-refractivity contribution in [3.8, 4) is 5.75 Å². The standard InChI is InChI=1S/C12H17N3O5S/c1-20-11-6-10(15(16)17)2-3-12(11)21(18,19)14-5-4-9(7-13)8-14/h2-3,6,9H,4-5,7-8,13H2,1H3. The van der Waals surface area contributed by atoms with Gasteiger partial charge in [0.05, 0.1) is 18.1 Å². The van der Waals surface area contributed by atoms with Crippen LogP contribution in [0.5, 0.6) is 5.75 Å². The van der Waals surface area contributed by atoms with Crippen molar-refractivity contribution >= 4 is 15.7 Å². The molecule has 2 rings (SSSR count). The number of nitro groups is 1. The van der Waals surface area contributed by atoms with Gasteiger partial charge in [-0.25, -0.2) is 8.42 Å². The topological polar surface area (TPSA) is 116 Å². The highest BCUT2D eigenvalue weighted by Crippen LogP contribution is 2.32. The lowest BCUT2D eigenvalue weighted by Gasteiger charge is -2.18. The maximum absolute atomic E-state index is 12.6. The fraction of sp³-hybridized carbons (Fsp3) is 0.500. The van der Waals surface area contributed by atoms with E-state index in [-0.39, 0.29) is 22.3 Å². The van der Waals surface area contributed by atoms with Crippen molar-refractivity contribution in [1.29, 1.82) is 0 Å². The first kappa shape index (κ1) is 15.7. The summed E-state index contributed by atoms with van der Waals surface area (Å²) in [7, 11) is -2.45. The van der Waals surface area contributed by atoms with Crippen LogP contribution in [0.3, 0.4) is 0 Å². The van der Waals surface area contributed by atoms with Crippen LogP contribution in [0.25, 0.3) is 0 Å². The SMILES string of the molecule is COc1cc([N+](=O)[O-])ccc1S(=O)(=O)N1CCC(CN)C1. The Bertz CT molecular complexity index is 646. The second-order valence-corrected chi connectivity index (χ2v) is 6.75. The molecule has 1 unspecified atom stereocenters. The van der Waals surface area contributed by atoms with E-state index in [0.29, 0.717) is 26.1 Å². The van der Waals surface area contributed by atoms with Crippen molar-refractivity contribution in [3.05, 3.63) is 28.3 Å². The van der Waals surface area contributed by atoms with Crippen molar-refractivity contribution in [1.82, 2.24) is 4.31 Å². The minimum Gasteiger partial charge on any atom is -0.495 e. The molecule has 1 aromatic carbocycles. The number of nitro benzene ring substituents is 1. The van der Waals surface area contributed by atoms with Gasteiger partial charge in [0, 0.05) is 19.2 Å². The number of rotatable bonds is 5. The molecule has 2 N–H and O–H groups in total.